The number of unbranched alkanes of at least 4 members (excludes halogenated alkanes) is 2. The second-order valence-corrected chi connectivity index (χ2v) is 4.63. The number of hydrogen-bond acceptors (Lipinski definition) is 2. The van der Waals surface area contributed by atoms with E-state index < -0.39 is 0 Å². The van der Waals surface area contributed by atoms with Gasteiger partial charge in [0.05, 0.1) is 12.8 Å². The number of amidine groups is 1. The molecule has 19 heavy (non-hydrogen) atoms. The molecule has 0 saturated carbocycles. The third-order valence-corrected chi connectivity index (χ3v) is 3.00. The molecule has 0 bridgehead atoms. The number of hydrogen-bond donors (Lipinski definition) is 0. The van der Waals surface area contributed by atoms with Gasteiger partial charge in [0.2, 0.25) is 0 Å². The quantitative estimate of drug-likeness (QED) is 0.543. The number of ether oxygens (including phenoxy) is 1. The molecule has 0 heterocycles. The number of methoxy groups -OCH3 is 1. The van der Waals surface area contributed by atoms with E-state index >= 15 is 0 Å². The van der Waals surface area contributed by atoms with E-state index in [1.807, 2.05) is 30.3 Å². The van der Waals surface area contributed by atoms with E-state index in [-0.39, 0.29) is 0 Å². The maximum absolute atomic E-state index is 5.49. The Hall–Kier alpha value is -1.51. The third kappa shape index (κ3) is 5.77. The second kappa shape index (κ2) is 9.42. The van der Waals surface area contributed by atoms with Gasteiger partial charge in [0.25, 0.3) is 6.02 Å². The van der Waals surface area contributed by atoms with Gasteiger partial charge in [0, 0.05) is 13.1 Å². The van der Waals surface area contributed by atoms with Crippen molar-refractivity contribution in [3.05, 3.63) is 30.3 Å². The molecule has 3 heteroatoms. The molecular formula is C16H26N2O. The summed E-state index contributed by atoms with van der Waals surface area (Å²) in [6.45, 7) is 6.43. The average molecular weight is 262 g/mol. The molecule has 0 aliphatic heterocycles. The van der Waals surface area contributed by atoms with Crippen LogP contribution in [0.4, 0.5) is 5.69 Å². The Morgan fingerprint density at radius 3 is 2.11 bits per heavy atom. The average Bonchev–Trinajstić information content (AvgIpc) is 2.46. The first-order chi connectivity index (χ1) is 9.31. The lowest BCUT2D eigenvalue weighted by Crippen LogP contribution is -2.34. The van der Waals surface area contributed by atoms with Crippen LogP contribution in [0, 0.1) is 0 Å². The molecule has 0 radical (unpaired) electrons. The van der Waals surface area contributed by atoms with E-state index in [1.165, 1.54) is 25.7 Å². The molecule has 0 saturated heterocycles. The van der Waals surface area contributed by atoms with Crippen LogP contribution < -0.4 is 0 Å². The molecule has 1 aromatic carbocycles. The Bertz CT molecular complexity index is 354. The van der Waals surface area contributed by atoms with Crippen molar-refractivity contribution in [2.45, 2.75) is 39.5 Å². The zero-order valence-electron chi connectivity index (χ0n) is 12.4. The highest BCUT2D eigenvalue weighted by molar-refractivity contribution is 5.77. The first-order valence-electron chi connectivity index (χ1n) is 7.24. The smallest absolute Gasteiger partial charge is 0.292 e. The lowest BCUT2D eigenvalue weighted by molar-refractivity contribution is 0.276. The van der Waals surface area contributed by atoms with Crippen LogP contribution in [0.25, 0.3) is 0 Å². The number of rotatable bonds is 7. The van der Waals surface area contributed by atoms with Crippen molar-refractivity contribution < 1.29 is 4.74 Å². The van der Waals surface area contributed by atoms with Gasteiger partial charge in [-0.25, -0.2) is 0 Å². The Morgan fingerprint density at radius 1 is 1.05 bits per heavy atom. The van der Waals surface area contributed by atoms with E-state index in [9.17, 15) is 0 Å². The fourth-order valence-corrected chi connectivity index (χ4v) is 1.86. The molecule has 0 N–H and O–H groups in total. The largest absolute Gasteiger partial charge is 0.468 e. The van der Waals surface area contributed by atoms with Crippen molar-refractivity contribution in [2.75, 3.05) is 20.2 Å². The Kier molecular flexibility index (Phi) is 7.71. The topological polar surface area (TPSA) is 24.8 Å². The molecule has 0 atom stereocenters. The molecule has 0 unspecified atom stereocenters. The van der Waals surface area contributed by atoms with Gasteiger partial charge in [-0.1, -0.05) is 44.9 Å². The van der Waals surface area contributed by atoms with Crippen LogP contribution >= 0.6 is 0 Å². The summed E-state index contributed by atoms with van der Waals surface area (Å²) in [5.41, 5.74) is 0.942. The van der Waals surface area contributed by atoms with Crippen LogP contribution in [0.5, 0.6) is 0 Å². The van der Waals surface area contributed by atoms with Crippen LogP contribution in [-0.2, 0) is 4.74 Å². The van der Waals surface area contributed by atoms with Crippen molar-refractivity contribution >= 4 is 11.7 Å². The molecule has 0 amide bonds. The minimum atomic E-state index is 0.730. The normalized spacial score (nSPS) is 11.4. The van der Waals surface area contributed by atoms with Crippen LogP contribution in [-0.4, -0.2) is 31.1 Å². The van der Waals surface area contributed by atoms with Gasteiger partial charge in [0.15, 0.2) is 0 Å². The van der Waals surface area contributed by atoms with Gasteiger partial charge < -0.3 is 9.64 Å². The first kappa shape index (κ1) is 15.5. The van der Waals surface area contributed by atoms with Crippen molar-refractivity contribution in [1.82, 2.24) is 4.90 Å². The summed E-state index contributed by atoms with van der Waals surface area (Å²) in [4.78, 5) is 6.85. The van der Waals surface area contributed by atoms with Crippen molar-refractivity contribution in [2.24, 2.45) is 4.99 Å². The molecule has 0 aliphatic rings. The summed E-state index contributed by atoms with van der Waals surface area (Å²) in [6, 6.07) is 10.7. The number of para-hydroxylation sites is 1. The lowest BCUT2D eigenvalue weighted by Gasteiger charge is -2.24. The standard InChI is InChI=1S/C16H26N2O/c1-4-6-13-18(14-7-5-2)16(19-3)17-15-11-9-8-10-12-15/h8-12H,4-7,13-14H2,1-3H3. The second-order valence-electron chi connectivity index (χ2n) is 4.63. The van der Waals surface area contributed by atoms with Gasteiger partial charge in [-0.15, -0.1) is 0 Å². The predicted octanol–water partition coefficient (Wildman–Crippen LogP) is 4.22. The molecule has 0 spiro atoms. The highest BCUT2D eigenvalue weighted by Crippen LogP contribution is 2.12. The van der Waals surface area contributed by atoms with Crippen molar-refractivity contribution in [3.63, 3.8) is 0 Å². The van der Waals surface area contributed by atoms with Crippen LogP contribution in [0.3, 0.4) is 0 Å². The Labute approximate surface area is 117 Å². The third-order valence-electron chi connectivity index (χ3n) is 3.00. The number of nitrogens with zero attached hydrogens (tertiary/aromatic N) is 2. The molecule has 106 valence electrons. The lowest BCUT2D eigenvalue weighted by atomic mass is 10.3. The van der Waals surface area contributed by atoms with E-state index in [0.29, 0.717) is 0 Å². The zero-order chi connectivity index (χ0) is 13.9. The molecule has 1 rings (SSSR count). The van der Waals surface area contributed by atoms with Gasteiger partial charge >= 0.3 is 0 Å². The summed E-state index contributed by atoms with van der Waals surface area (Å²) < 4.78 is 5.49. The van der Waals surface area contributed by atoms with Crippen molar-refractivity contribution in [3.8, 4) is 0 Å². The van der Waals surface area contributed by atoms with Gasteiger partial charge in [-0.05, 0) is 25.0 Å². The maximum Gasteiger partial charge on any atom is 0.292 e. The predicted molar refractivity (Wildman–Crippen MR) is 81.9 cm³/mol. The minimum Gasteiger partial charge on any atom is -0.468 e. The zero-order valence-corrected chi connectivity index (χ0v) is 12.4. The van der Waals surface area contributed by atoms with Gasteiger partial charge in [-0.2, -0.15) is 4.99 Å². The Morgan fingerprint density at radius 2 is 1.63 bits per heavy atom. The first-order valence-corrected chi connectivity index (χ1v) is 7.24. The van der Waals surface area contributed by atoms with Crippen LogP contribution in [0.15, 0.2) is 35.3 Å². The minimum absolute atomic E-state index is 0.730. The molecular weight excluding hydrogens is 236 g/mol. The highest BCUT2D eigenvalue weighted by atomic mass is 16.5. The van der Waals surface area contributed by atoms with E-state index in [2.05, 4.69) is 23.7 Å². The molecule has 0 aromatic heterocycles. The summed E-state index contributed by atoms with van der Waals surface area (Å²) in [5, 5.41) is 0. The number of benzene rings is 1. The van der Waals surface area contributed by atoms with Crippen LogP contribution in [0.2, 0.25) is 0 Å². The van der Waals surface area contributed by atoms with Crippen LogP contribution in [0.1, 0.15) is 39.5 Å². The summed E-state index contributed by atoms with van der Waals surface area (Å²) >= 11 is 0. The van der Waals surface area contributed by atoms with Gasteiger partial charge in [0.1, 0.15) is 0 Å². The summed E-state index contributed by atoms with van der Waals surface area (Å²) in [5.74, 6) is 0. The van der Waals surface area contributed by atoms with E-state index in [0.717, 1.165) is 24.8 Å². The fraction of sp³-hybridized carbons (Fsp3) is 0.562. The SMILES string of the molecule is CCCCN(CCCC)C(=Nc1ccccc1)OC. The molecule has 1 aromatic rings. The Balaban J connectivity index is 2.78. The fourth-order valence-electron chi connectivity index (χ4n) is 1.86. The molecule has 0 fully saturated rings. The summed E-state index contributed by atoms with van der Waals surface area (Å²) in [6.07, 6.45) is 4.71. The maximum atomic E-state index is 5.49. The van der Waals surface area contributed by atoms with Crippen molar-refractivity contribution in [1.29, 1.82) is 0 Å². The molecule has 3 nitrogen and oxygen atoms in total. The molecule has 0 aliphatic carbocycles. The number of aliphatic imine (C=N–C) groups is 1. The summed E-state index contributed by atoms with van der Waals surface area (Å²) in [7, 11) is 1.70. The van der Waals surface area contributed by atoms with E-state index in [1.54, 1.807) is 7.11 Å². The van der Waals surface area contributed by atoms with Gasteiger partial charge in [-0.3, -0.25) is 0 Å². The van der Waals surface area contributed by atoms with E-state index in [4.69, 9.17) is 4.74 Å². The monoisotopic (exact) mass is 262 g/mol. The highest BCUT2D eigenvalue weighted by Gasteiger charge is 2.10.